The summed E-state index contributed by atoms with van der Waals surface area (Å²) in [4.78, 5) is 0. The molecule has 0 spiro atoms. The molecule has 112 valence electrons. The highest BCUT2D eigenvalue weighted by molar-refractivity contribution is 5.53. The fraction of sp³-hybridized carbons (Fsp3) is 0.312. The molecule has 0 radical (unpaired) electrons. The van der Waals surface area contributed by atoms with Crippen molar-refractivity contribution in [1.29, 1.82) is 10.7 Å². The highest BCUT2D eigenvalue weighted by Gasteiger charge is 2.21. The van der Waals surface area contributed by atoms with Crippen LogP contribution in [0, 0.1) is 23.7 Å². The summed E-state index contributed by atoms with van der Waals surface area (Å²) < 4.78 is 12.3. The van der Waals surface area contributed by atoms with Crippen LogP contribution in [0.15, 0.2) is 18.2 Å². The number of methoxy groups -OCH3 is 1. The molecule has 3 rings (SSSR count). The van der Waals surface area contributed by atoms with Gasteiger partial charge >= 0.3 is 0 Å². The number of benzene rings is 1. The molecule has 0 amide bonds. The molecule has 2 aromatic rings. The standard InChI is InChI=1S/C16H16N4O2/c1-10-4-3-5-14(21-2)15(10)20-16(18)12(8-17)11-6-7-22-9-13(11)19-20/h3-5,18H,6-7,9H2,1-2H3. The summed E-state index contributed by atoms with van der Waals surface area (Å²) in [6, 6.07) is 7.77. The Morgan fingerprint density at radius 2 is 2.27 bits per heavy atom. The van der Waals surface area contributed by atoms with E-state index >= 15 is 0 Å². The monoisotopic (exact) mass is 296 g/mol. The number of hydrogen-bond donors (Lipinski definition) is 1. The molecule has 0 saturated carbocycles. The molecular formula is C16H16N4O2. The summed E-state index contributed by atoms with van der Waals surface area (Å²) in [6.07, 6.45) is 0.614. The second kappa shape index (κ2) is 5.62. The highest BCUT2D eigenvalue weighted by Crippen LogP contribution is 2.25. The van der Waals surface area contributed by atoms with Crippen molar-refractivity contribution in [3.05, 3.63) is 46.1 Å². The Bertz CT molecular complexity index is 833. The molecule has 0 atom stereocenters. The molecule has 1 aliphatic rings. The van der Waals surface area contributed by atoms with Crippen molar-refractivity contribution in [2.45, 2.75) is 20.0 Å². The molecule has 0 fully saturated rings. The number of para-hydroxylation sites is 1. The second-order valence-electron chi connectivity index (χ2n) is 5.10. The predicted molar refractivity (Wildman–Crippen MR) is 78.8 cm³/mol. The molecule has 0 aliphatic carbocycles. The van der Waals surface area contributed by atoms with Gasteiger partial charge in [-0.1, -0.05) is 12.1 Å². The Morgan fingerprint density at radius 1 is 1.45 bits per heavy atom. The number of hydrogen-bond acceptors (Lipinski definition) is 5. The molecule has 1 aliphatic heterocycles. The number of nitrogens with zero attached hydrogens (tertiary/aromatic N) is 3. The average molecular weight is 296 g/mol. The first-order valence-corrected chi connectivity index (χ1v) is 6.99. The van der Waals surface area contributed by atoms with Crippen molar-refractivity contribution in [1.82, 2.24) is 9.78 Å². The van der Waals surface area contributed by atoms with E-state index in [2.05, 4.69) is 11.2 Å². The number of fused-ring (bicyclic) bond motifs is 1. The molecule has 0 bridgehead atoms. The van der Waals surface area contributed by atoms with E-state index < -0.39 is 0 Å². The van der Waals surface area contributed by atoms with Crippen molar-refractivity contribution in [3.8, 4) is 17.5 Å². The third kappa shape index (κ3) is 2.16. The molecule has 0 unspecified atom stereocenters. The van der Waals surface area contributed by atoms with Crippen molar-refractivity contribution in [2.24, 2.45) is 0 Å². The summed E-state index contributed by atoms with van der Waals surface area (Å²) in [5, 5.41) is 22.4. The van der Waals surface area contributed by atoms with Gasteiger partial charge in [0, 0.05) is 5.56 Å². The Labute approximate surface area is 128 Å². The Kier molecular flexibility index (Phi) is 3.65. The molecule has 1 aromatic heterocycles. The van der Waals surface area contributed by atoms with Gasteiger partial charge in [0.1, 0.15) is 23.1 Å². The van der Waals surface area contributed by atoms with Gasteiger partial charge in [0.25, 0.3) is 0 Å². The Balaban J connectivity index is 2.34. The average Bonchev–Trinajstić information content (AvgIpc) is 2.54. The van der Waals surface area contributed by atoms with E-state index in [1.165, 1.54) is 4.68 Å². The zero-order chi connectivity index (χ0) is 15.7. The number of rotatable bonds is 2. The molecule has 22 heavy (non-hydrogen) atoms. The lowest BCUT2D eigenvalue weighted by Gasteiger charge is -2.20. The molecule has 0 saturated heterocycles. The number of ether oxygens (including phenoxy) is 2. The maximum atomic E-state index is 9.46. The molecule has 1 N–H and O–H groups in total. The maximum Gasteiger partial charge on any atom is 0.165 e. The summed E-state index contributed by atoms with van der Waals surface area (Å²) in [5.74, 6) is 0.617. The Hall–Kier alpha value is -2.65. The van der Waals surface area contributed by atoms with Gasteiger partial charge in [-0.15, -0.1) is 0 Å². The summed E-state index contributed by atoms with van der Waals surface area (Å²) in [5.41, 5.74) is 3.58. The van der Waals surface area contributed by atoms with Crippen LogP contribution < -0.4 is 10.2 Å². The summed E-state index contributed by atoms with van der Waals surface area (Å²) in [7, 11) is 1.58. The molecular weight excluding hydrogens is 280 g/mol. The second-order valence-corrected chi connectivity index (χ2v) is 5.10. The third-order valence-corrected chi connectivity index (χ3v) is 3.80. The van der Waals surface area contributed by atoms with E-state index in [9.17, 15) is 5.26 Å². The predicted octanol–water partition coefficient (Wildman–Crippen LogP) is 1.61. The zero-order valence-electron chi connectivity index (χ0n) is 12.5. The SMILES string of the molecule is COc1cccc(C)c1-n1nc2c(c(C#N)c1=N)CCOC2. The first-order valence-electron chi connectivity index (χ1n) is 6.99. The minimum atomic E-state index is 0.0794. The maximum absolute atomic E-state index is 9.46. The van der Waals surface area contributed by atoms with Crippen molar-refractivity contribution in [2.75, 3.05) is 13.7 Å². The summed E-state index contributed by atoms with van der Waals surface area (Å²) >= 11 is 0. The number of aryl methyl sites for hydroxylation is 1. The van der Waals surface area contributed by atoms with Gasteiger partial charge in [-0.05, 0) is 25.0 Å². The molecule has 6 heteroatoms. The van der Waals surface area contributed by atoms with E-state index in [1.807, 2.05) is 25.1 Å². The number of aromatic nitrogens is 2. The Morgan fingerprint density at radius 3 is 3.00 bits per heavy atom. The van der Waals surface area contributed by atoms with Crippen molar-refractivity contribution in [3.63, 3.8) is 0 Å². The fourth-order valence-corrected chi connectivity index (χ4v) is 2.70. The summed E-state index contributed by atoms with van der Waals surface area (Å²) in [6.45, 7) is 2.84. The van der Waals surface area contributed by atoms with Gasteiger partial charge in [-0.25, -0.2) is 4.68 Å². The van der Waals surface area contributed by atoms with Gasteiger partial charge in [0.05, 0.1) is 26.0 Å². The van der Waals surface area contributed by atoms with Crippen LogP contribution >= 0.6 is 0 Å². The lowest BCUT2D eigenvalue weighted by Crippen LogP contribution is -2.30. The quantitative estimate of drug-likeness (QED) is 0.912. The highest BCUT2D eigenvalue weighted by atomic mass is 16.5. The third-order valence-electron chi connectivity index (χ3n) is 3.80. The van der Waals surface area contributed by atoms with E-state index in [0.717, 1.165) is 11.1 Å². The van der Waals surface area contributed by atoms with Gasteiger partial charge in [0.2, 0.25) is 0 Å². The van der Waals surface area contributed by atoms with Gasteiger partial charge in [-0.2, -0.15) is 10.4 Å². The number of nitrogens with one attached hydrogen (secondary N) is 1. The van der Waals surface area contributed by atoms with Gasteiger partial charge in [-0.3, -0.25) is 5.41 Å². The van der Waals surface area contributed by atoms with E-state index in [1.54, 1.807) is 7.11 Å². The molecule has 2 heterocycles. The molecule has 1 aromatic carbocycles. The number of nitriles is 1. The van der Waals surface area contributed by atoms with E-state index in [4.69, 9.17) is 14.9 Å². The smallest absolute Gasteiger partial charge is 0.165 e. The first kappa shape index (κ1) is 14.3. The van der Waals surface area contributed by atoms with Crippen molar-refractivity contribution < 1.29 is 9.47 Å². The van der Waals surface area contributed by atoms with Crippen LogP contribution in [0.2, 0.25) is 0 Å². The van der Waals surface area contributed by atoms with Crippen LogP contribution in [-0.4, -0.2) is 23.5 Å². The van der Waals surface area contributed by atoms with Crippen LogP contribution in [0.1, 0.15) is 22.4 Å². The van der Waals surface area contributed by atoms with Gasteiger partial charge in [0.15, 0.2) is 5.49 Å². The lowest BCUT2D eigenvalue weighted by molar-refractivity contribution is 0.105. The minimum Gasteiger partial charge on any atom is -0.494 e. The van der Waals surface area contributed by atoms with E-state index in [-0.39, 0.29) is 5.49 Å². The van der Waals surface area contributed by atoms with Crippen molar-refractivity contribution >= 4 is 0 Å². The largest absolute Gasteiger partial charge is 0.494 e. The van der Waals surface area contributed by atoms with Gasteiger partial charge < -0.3 is 9.47 Å². The lowest BCUT2D eigenvalue weighted by atomic mass is 10.0. The molecule has 6 nitrogen and oxygen atoms in total. The van der Waals surface area contributed by atoms with Crippen LogP contribution in [0.25, 0.3) is 5.69 Å². The van der Waals surface area contributed by atoms with Crippen LogP contribution in [0.5, 0.6) is 5.75 Å². The first-order chi connectivity index (χ1) is 10.7. The zero-order valence-corrected chi connectivity index (χ0v) is 12.5. The topological polar surface area (TPSA) is 83.9 Å². The minimum absolute atomic E-state index is 0.0794. The van der Waals surface area contributed by atoms with Crippen LogP contribution in [-0.2, 0) is 17.8 Å². The van der Waals surface area contributed by atoms with Crippen LogP contribution in [0.4, 0.5) is 0 Å². The normalized spacial score (nSPS) is 13.3. The van der Waals surface area contributed by atoms with E-state index in [0.29, 0.717) is 42.3 Å². The van der Waals surface area contributed by atoms with Crippen LogP contribution in [0.3, 0.4) is 0 Å². The fourth-order valence-electron chi connectivity index (χ4n) is 2.70.